The van der Waals surface area contributed by atoms with Crippen LogP contribution < -0.4 is 0 Å². The predicted octanol–water partition coefficient (Wildman–Crippen LogP) is 1.90. The normalized spacial score (nSPS) is 19.6. The van der Waals surface area contributed by atoms with E-state index in [9.17, 15) is 5.11 Å². The van der Waals surface area contributed by atoms with Crippen molar-refractivity contribution < 1.29 is 5.11 Å². The molecule has 1 aliphatic carbocycles. The SMILES string of the molecule is Cn1ccc(CC(O)CC2CCCC2)n1. The maximum Gasteiger partial charge on any atom is 0.0650 e. The summed E-state index contributed by atoms with van der Waals surface area (Å²) in [6, 6.07) is 1.98. The van der Waals surface area contributed by atoms with Crippen LogP contribution in [-0.2, 0) is 13.5 Å². The molecule has 3 nitrogen and oxygen atoms in total. The largest absolute Gasteiger partial charge is 0.393 e. The molecular formula is C12H20N2O. The molecule has 1 saturated carbocycles. The van der Waals surface area contributed by atoms with Crippen LogP contribution in [0.2, 0.25) is 0 Å². The lowest BCUT2D eigenvalue weighted by molar-refractivity contribution is 0.142. The summed E-state index contributed by atoms with van der Waals surface area (Å²) in [6.07, 6.45) is 8.69. The Kier molecular flexibility index (Phi) is 3.41. The van der Waals surface area contributed by atoms with Gasteiger partial charge >= 0.3 is 0 Å². The van der Waals surface area contributed by atoms with Crippen molar-refractivity contribution in [2.24, 2.45) is 13.0 Å². The van der Waals surface area contributed by atoms with Crippen LogP contribution >= 0.6 is 0 Å². The van der Waals surface area contributed by atoms with E-state index in [-0.39, 0.29) is 6.10 Å². The van der Waals surface area contributed by atoms with Gasteiger partial charge in [-0.1, -0.05) is 25.7 Å². The lowest BCUT2D eigenvalue weighted by Gasteiger charge is -2.13. The summed E-state index contributed by atoms with van der Waals surface area (Å²) in [7, 11) is 1.91. The van der Waals surface area contributed by atoms with Crippen LogP contribution in [0.15, 0.2) is 12.3 Å². The minimum atomic E-state index is -0.206. The van der Waals surface area contributed by atoms with Crippen molar-refractivity contribution in [3.8, 4) is 0 Å². The third kappa shape index (κ3) is 3.06. The third-order valence-corrected chi connectivity index (χ3v) is 3.29. The van der Waals surface area contributed by atoms with Crippen molar-refractivity contribution >= 4 is 0 Å². The Morgan fingerprint density at radius 1 is 1.53 bits per heavy atom. The minimum absolute atomic E-state index is 0.206. The van der Waals surface area contributed by atoms with E-state index in [0.29, 0.717) is 6.42 Å². The van der Waals surface area contributed by atoms with Crippen molar-refractivity contribution in [1.82, 2.24) is 9.78 Å². The van der Waals surface area contributed by atoms with Gasteiger partial charge in [-0.15, -0.1) is 0 Å². The van der Waals surface area contributed by atoms with Crippen LogP contribution in [-0.4, -0.2) is 21.0 Å². The number of aliphatic hydroxyl groups is 1. The Hall–Kier alpha value is -0.830. The molecule has 15 heavy (non-hydrogen) atoms. The first-order chi connectivity index (χ1) is 7.24. The molecule has 1 unspecified atom stereocenters. The minimum Gasteiger partial charge on any atom is -0.393 e. The molecule has 1 aromatic rings. The average Bonchev–Trinajstić information content (AvgIpc) is 2.77. The topological polar surface area (TPSA) is 38.0 Å². The van der Waals surface area contributed by atoms with Crippen LogP contribution in [0.1, 0.15) is 37.8 Å². The molecule has 0 bridgehead atoms. The number of aryl methyl sites for hydroxylation is 1. The van der Waals surface area contributed by atoms with Crippen LogP contribution in [0.25, 0.3) is 0 Å². The van der Waals surface area contributed by atoms with Crippen molar-refractivity contribution in [3.63, 3.8) is 0 Å². The molecule has 0 aromatic carbocycles. The predicted molar refractivity (Wildman–Crippen MR) is 59.5 cm³/mol. The zero-order valence-corrected chi connectivity index (χ0v) is 9.39. The molecule has 1 heterocycles. The van der Waals surface area contributed by atoms with Gasteiger partial charge in [0.1, 0.15) is 0 Å². The van der Waals surface area contributed by atoms with Gasteiger partial charge in [0, 0.05) is 19.7 Å². The van der Waals surface area contributed by atoms with Crippen molar-refractivity contribution in [2.75, 3.05) is 0 Å². The Balaban J connectivity index is 1.78. The molecule has 1 N–H and O–H groups in total. The molecule has 0 aliphatic heterocycles. The first-order valence-corrected chi connectivity index (χ1v) is 5.90. The van der Waals surface area contributed by atoms with Crippen LogP contribution in [0.4, 0.5) is 0 Å². The standard InChI is InChI=1S/C12H20N2O/c1-14-7-6-11(13-14)9-12(15)8-10-4-2-3-5-10/h6-7,10,12,15H,2-5,8-9H2,1H3. The molecule has 2 rings (SSSR count). The molecular weight excluding hydrogens is 188 g/mol. The lowest BCUT2D eigenvalue weighted by atomic mass is 9.98. The van der Waals surface area contributed by atoms with Gasteiger partial charge in [-0.2, -0.15) is 5.10 Å². The number of hydrogen-bond donors (Lipinski definition) is 1. The van der Waals surface area contributed by atoms with Gasteiger partial charge in [-0.05, 0) is 18.4 Å². The number of nitrogens with zero attached hydrogens (tertiary/aromatic N) is 2. The lowest BCUT2D eigenvalue weighted by Crippen LogP contribution is -2.15. The highest BCUT2D eigenvalue weighted by molar-refractivity contribution is 5.00. The van der Waals surface area contributed by atoms with Crippen molar-refractivity contribution in [3.05, 3.63) is 18.0 Å². The average molecular weight is 208 g/mol. The summed E-state index contributed by atoms with van der Waals surface area (Å²) in [4.78, 5) is 0. The van der Waals surface area contributed by atoms with E-state index in [1.807, 2.05) is 19.3 Å². The molecule has 84 valence electrons. The van der Waals surface area contributed by atoms with Gasteiger partial charge < -0.3 is 5.11 Å². The molecule has 0 saturated heterocycles. The molecule has 1 atom stereocenters. The third-order valence-electron chi connectivity index (χ3n) is 3.29. The van der Waals surface area contributed by atoms with Crippen LogP contribution in [0, 0.1) is 5.92 Å². The van der Waals surface area contributed by atoms with E-state index in [0.717, 1.165) is 18.0 Å². The maximum absolute atomic E-state index is 9.92. The van der Waals surface area contributed by atoms with E-state index >= 15 is 0 Å². The smallest absolute Gasteiger partial charge is 0.0650 e. The summed E-state index contributed by atoms with van der Waals surface area (Å²) >= 11 is 0. The fraction of sp³-hybridized carbons (Fsp3) is 0.750. The van der Waals surface area contributed by atoms with Gasteiger partial charge in [0.05, 0.1) is 11.8 Å². The Labute approximate surface area is 91.1 Å². The molecule has 1 aliphatic rings. The summed E-state index contributed by atoms with van der Waals surface area (Å²) in [5.74, 6) is 0.753. The second kappa shape index (κ2) is 4.79. The Morgan fingerprint density at radius 3 is 2.87 bits per heavy atom. The van der Waals surface area contributed by atoms with E-state index in [4.69, 9.17) is 0 Å². The van der Waals surface area contributed by atoms with Gasteiger partial charge in [0.15, 0.2) is 0 Å². The van der Waals surface area contributed by atoms with Gasteiger partial charge in [-0.25, -0.2) is 0 Å². The molecule has 1 fully saturated rings. The second-order valence-corrected chi connectivity index (χ2v) is 4.72. The monoisotopic (exact) mass is 208 g/mol. The molecule has 1 aromatic heterocycles. The number of aliphatic hydroxyl groups excluding tert-OH is 1. The Bertz CT molecular complexity index is 302. The summed E-state index contributed by atoms with van der Waals surface area (Å²) in [5.41, 5.74) is 1.00. The van der Waals surface area contributed by atoms with Gasteiger partial charge in [0.2, 0.25) is 0 Å². The van der Waals surface area contributed by atoms with Crippen molar-refractivity contribution in [1.29, 1.82) is 0 Å². The summed E-state index contributed by atoms with van der Waals surface area (Å²) in [5, 5.41) is 14.2. The molecule has 0 spiro atoms. The molecule has 0 radical (unpaired) electrons. The fourth-order valence-corrected chi connectivity index (χ4v) is 2.53. The van der Waals surface area contributed by atoms with Crippen LogP contribution in [0.3, 0.4) is 0 Å². The number of hydrogen-bond acceptors (Lipinski definition) is 2. The van der Waals surface area contributed by atoms with Gasteiger partial charge in [-0.3, -0.25) is 4.68 Å². The van der Waals surface area contributed by atoms with E-state index < -0.39 is 0 Å². The highest BCUT2D eigenvalue weighted by atomic mass is 16.3. The maximum atomic E-state index is 9.92. The molecule has 3 heteroatoms. The van der Waals surface area contributed by atoms with Gasteiger partial charge in [0.25, 0.3) is 0 Å². The number of aromatic nitrogens is 2. The second-order valence-electron chi connectivity index (χ2n) is 4.72. The van der Waals surface area contributed by atoms with Crippen molar-refractivity contribution in [2.45, 2.75) is 44.6 Å². The zero-order chi connectivity index (χ0) is 10.7. The summed E-state index contributed by atoms with van der Waals surface area (Å²) < 4.78 is 1.79. The summed E-state index contributed by atoms with van der Waals surface area (Å²) in [6.45, 7) is 0. The van der Waals surface area contributed by atoms with E-state index in [1.165, 1.54) is 25.7 Å². The highest BCUT2D eigenvalue weighted by Gasteiger charge is 2.19. The fourth-order valence-electron chi connectivity index (χ4n) is 2.53. The Morgan fingerprint density at radius 2 is 2.27 bits per heavy atom. The van der Waals surface area contributed by atoms with Crippen LogP contribution in [0.5, 0.6) is 0 Å². The highest BCUT2D eigenvalue weighted by Crippen LogP contribution is 2.29. The quantitative estimate of drug-likeness (QED) is 0.820. The zero-order valence-electron chi connectivity index (χ0n) is 9.39. The van der Waals surface area contributed by atoms with E-state index in [1.54, 1.807) is 4.68 Å². The first-order valence-electron chi connectivity index (χ1n) is 5.90. The van der Waals surface area contributed by atoms with E-state index in [2.05, 4.69) is 5.10 Å². The number of rotatable bonds is 4. The molecule has 0 amide bonds. The first kappa shape index (κ1) is 10.7.